The molecule has 0 aliphatic rings. The molecule has 3 aromatic rings. The van der Waals surface area contributed by atoms with Gasteiger partial charge in [-0.3, -0.25) is 0 Å². The van der Waals surface area contributed by atoms with Gasteiger partial charge in [-0.15, -0.1) is 0 Å². The molecule has 2 aromatic carbocycles. The van der Waals surface area contributed by atoms with Crippen LogP contribution in [0.25, 0.3) is 10.8 Å². The highest BCUT2D eigenvalue weighted by Crippen LogP contribution is 2.34. The standard InChI is InChI=1S/C16H13ClN2O/c1-10-8-14(18)16(19-9-10)20-15-7-6-13(17)11-4-2-3-5-12(11)15/h2-9H,18H2,1H3. The molecule has 100 valence electrons. The molecule has 0 radical (unpaired) electrons. The minimum absolute atomic E-state index is 0.406. The van der Waals surface area contributed by atoms with Gasteiger partial charge < -0.3 is 10.5 Å². The van der Waals surface area contributed by atoms with E-state index in [1.165, 1.54) is 0 Å². The maximum atomic E-state index is 6.19. The van der Waals surface area contributed by atoms with E-state index in [4.69, 9.17) is 22.1 Å². The van der Waals surface area contributed by atoms with Crippen LogP contribution in [0.1, 0.15) is 5.56 Å². The number of halogens is 1. The molecule has 0 aliphatic heterocycles. The number of fused-ring (bicyclic) bond motifs is 1. The van der Waals surface area contributed by atoms with Crippen molar-refractivity contribution in [1.82, 2.24) is 4.98 Å². The number of rotatable bonds is 2. The van der Waals surface area contributed by atoms with Crippen LogP contribution in [-0.2, 0) is 0 Å². The lowest BCUT2D eigenvalue weighted by atomic mass is 10.1. The first-order valence-electron chi connectivity index (χ1n) is 6.22. The molecule has 4 heteroatoms. The lowest BCUT2D eigenvalue weighted by Gasteiger charge is -2.11. The molecule has 0 amide bonds. The predicted octanol–water partition coefficient (Wildman–Crippen LogP) is 4.57. The van der Waals surface area contributed by atoms with E-state index in [0.29, 0.717) is 22.3 Å². The summed E-state index contributed by atoms with van der Waals surface area (Å²) in [5.74, 6) is 1.09. The van der Waals surface area contributed by atoms with E-state index in [2.05, 4.69) is 4.98 Å². The lowest BCUT2D eigenvalue weighted by Crippen LogP contribution is -1.96. The van der Waals surface area contributed by atoms with E-state index in [-0.39, 0.29) is 0 Å². The van der Waals surface area contributed by atoms with E-state index in [0.717, 1.165) is 16.3 Å². The topological polar surface area (TPSA) is 48.1 Å². The third kappa shape index (κ3) is 2.28. The first-order valence-corrected chi connectivity index (χ1v) is 6.60. The third-order valence-electron chi connectivity index (χ3n) is 3.05. The molecule has 0 saturated heterocycles. The molecule has 0 atom stereocenters. The lowest BCUT2D eigenvalue weighted by molar-refractivity contribution is 0.470. The Hall–Kier alpha value is -2.26. The number of anilines is 1. The summed E-state index contributed by atoms with van der Waals surface area (Å²) >= 11 is 6.19. The molecular weight excluding hydrogens is 272 g/mol. The van der Waals surface area contributed by atoms with Gasteiger partial charge in [-0.25, -0.2) is 4.98 Å². The Morgan fingerprint density at radius 1 is 1.10 bits per heavy atom. The maximum absolute atomic E-state index is 6.19. The van der Waals surface area contributed by atoms with Crippen LogP contribution in [0, 0.1) is 6.92 Å². The number of pyridine rings is 1. The average molecular weight is 285 g/mol. The number of hydrogen-bond donors (Lipinski definition) is 1. The first-order chi connectivity index (χ1) is 9.65. The summed E-state index contributed by atoms with van der Waals surface area (Å²) in [6.45, 7) is 1.94. The molecule has 0 unspecified atom stereocenters. The van der Waals surface area contributed by atoms with Crippen molar-refractivity contribution in [3.8, 4) is 11.6 Å². The van der Waals surface area contributed by atoms with Gasteiger partial charge in [0.15, 0.2) is 0 Å². The second-order valence-electron chi connectivity index (χ2n) is 4.60. The van der Waals surface area contributed by atoms with Gasteiger partial charge >= 0.3 is 0 Å². The van der Waals surface area contributed by atoms with E-state index in [1.807, 2.05) is 49.4 Å². The van der Waals surface area contributed by atoms with Gasteiger partial charge in [-0.1, -0.05) is 35.9 Å². The summed E-state index contributed by atoms with van der Waals surface area (Å²) in [6.07, 6.45) is 1.73. The largest absolute Gasteiger partial charge is 0.436 e. The maximum Gasteiger partial charge on any atom is 0.242 e. The van der Waals surface area contributed by atoms with Crippen molar-refractivity contribution in [2.45, 2.75) is 6.92 Å². The molecule has 3 nitrogen and oxygen atoms in total. The van der Waals surface area contributed by atoms with Crippen molar-refractivity contribution in [3.05, 3.63) is 59.2 Å². The van der Waals surface area contributed by atoms with Crippen molar-refractivity contribution >= 4 is 28.1 Å². The Kier molecular flexibility index (Phi) is 3.20. The fourth-order valence-electron chi connectivity index (χ4n) is 2.09. The number of nitrogens with zero attached hydrogens (tertiary/aromatic N) is 1. The minimum Gasteiger partial charge on any atom is -0.436 e. The van der Waals surface area contributed by atoms with Crippen LogP contribution >= 0.6 is 11.6 Å². The SMILES string of the molecule is Cc1cnc(Oc2ccc(Cl)c3ccccc23)c(N)c1. The highest BCUT2D eigenvalue weighted by molar-refractivity contribution is 6.35. The summed E-state index contributed by atoms with van der Waals surface area (Å²) < 4.78 is 5.84. The van der Waals surface area contributed by atoms with E-state index >= 15 is 0 Å². The van der Waals surface area contributed by atoms with Crippen molar-refractivity contribution in [3.63, 3.8) is 0 Å². The Balaban J connectivity index is 2.09. The quantitative estimate of drug-likeness (QED) is 0.750. The van der Waals surface area contributed by atoms with Gasteiger partial charge in [0.05, 0.1) is 5.69 Å². The van der Waals surface area contributed by atoms with Gasteiger partial charge in [0.25, 0.3) is 0 Å². The second-order valence-corrected chi connectivity index (χ2v) is 5.01. The summed E-state index contributed by atoms with van der Waals surface area (Å²) in [4.78, 5) is 4.22. The van der Waals surface area contributed by atoms with E-state index < -0.39 is 0 Å². The summed E-state index contributed by atoms with van der Waals surface area (Å²) in [6, 6.07) is 13.3. The van der Waals surface area contributed by atoms with Gasteiger partial charge in [0.2, 0.25) is 5.88 Å². The van der Waals surface area contributed by atoms with Gasteiger partial charge in [-0.2, -0.15) is 0 Å². The fraction of sp³-hybridized carbons (Fsp3) is 0.0625. The molecule has 0 bridgehead atoms. The monoisotopic (exact) mass is 284 g/mol. The molecule has 20 heavy (non-hydrogen) atoms. The zero-order valence-electron chi connectivity index (χ0n) is 10.9. The number of nitrogen functional groups attached to an aromatic ring is 1. The van der Waals surface area contributed by atoms with Crippen LogP contribution in [0.3, 0.4) is 0 Å². The normalized spacial score (nSPS) is 10.7. The van der Waals surface area contributed by atoms with Crippen molar-refractivity contribution in [1.29, 1.82) is 0 Å². The van der Waals surface area contributed by atoms with Crippen LogP contribution in [-0.4, -0.2) is 4.98 Å². The Morgan fingerprint density at radius 2 is 1.85 bits per heavy atom. The Morgan fingerprint density at radius 3 is 2.60 bits per heavy atom. The molecule has 1 heterocycles. The van der Waals surface area contributed by atoms with E-state index in [1.54, 1.807) is 6.20 Å². The molecule has 0 saturated carbocycles. The van der Waals surface area contributed by atoms with Crippen LogP contribution in [0.15, 0.2) is 48.7 Å². The van der Waals surface area contributed by atoms with Crippen molar-refractivity contribution in [2.24, 2.45) is 0 Å². The Bertz CT molecular complexity index is 787. The number of aryl methyl sites for hydroxylation is 1. The number of hydrogen-bond acceptors (Lipinski definition) is 3. The highest BCUT2D eigenvalue weighted by Gasteiger charge is 2.09. The molecule has 2 N–H and O–H groups in total. The highest BCUT2D eigenvalue weighted by atomic mass is 35.5. The second kappa shape index (κ2) is 5.02. The zero-order chi connectivity index (χ0) is 14.1. The fourth-order valence-corrected chi connectivity index (χ4v) is 2.32. The molecule has 0 spiro atoms. The van der Waals surface area contributed by atoms with Crippen LogP contribution in [0.2, 0.25) is 5.02 Å². The molecule has 0 fully saturated rings. The zero-order valence-corrected chi connectivity index (χ0v) is 11.7. The van der Waals surface area contributed by atoms with Crippen LogP contribution in [0.4, 0.5) is 5.69 Å². The third-order valence-corrected chi connectivity index (χ3v) is 3.38. The minimum atomic E-state index is 0.406. The Labute approximate surface area is 122 Å². The van der Waals surface area contributed by atoms with Crippen LogP contribution in [0.5, 0.6) is 11.6 Å². The molecule has 0 aliphatic carbocycles. The van der Waals surface area contributed by atoms with Gasteiger partial charge in [0.1, 0.15) is 5.75 Å². The number of nitrogens with two attached hydrogens (primary N) is 1. The summed E-state index contributed by atoms with van der Waals surface area (Å²) in [7, 11) is 0. The number of aromatic nitrogens is 1. The number of benzene rings is 2. The average Bonchev–Trinajstić information content (AvgIpc) is 2.45. The van der Waals surface area contributed by atoms with Crippen molar-refractivity contribution < 1.29 is 4.74 Å². The van der Waals surface area contributed by atoms with Gasteiger partial charge in [0, 0.05) is 22.0 Å². The summed E-state index contributed by atoms with van der Waals surface area (Å²) in [5.41, 5.74) is 7.44. The van der Waals surface area contributed by atoms with Crippen molar-refractivity contribution in [2.75, 3.05) is 5.73 Å². The first kappa shape index (κ1) is 12.8. The smallest absolute Gasteiger partial charge is 0.242 e. The molecule has 1 aromatic heterocycles. The summed E-state index contributed by atoms with van der Waals surface area (Å²) in [5, 5.41) is 2.57. The van der Waals surface area contributed by atoms with E-state index in [9.17, 15) is 0 Å². The number of ether oxygens (including phenoxy) is 1. The van der Waals surface area contributed by atoms with Crippen LogP contribution < -0.4 is 10.5 Å². The van der Waals surface area contributed by atoms with Gasteiger partial charge in [-0.05, 0) is 30.7 Å². The molecular formula is C16H13ClN2O. The molecule has 3 rings (SSSR count). The predicted molar refractivity (Wildman–Crippen MR) is 82.4 cm³/mol.